The van der Waals surface area contributed by atoms with Gasteiger partial charge in [-0.1, -0.05) is 35.3 Å². The van der Waals surface area contributed by atoms with Gasteiger partial charge < -0.3 is 9.80 Å². The van der Waals surface area contributed by atoms with Crippen molar-refractivity contribution >= 4 is 45.8 Å². The lowest BCUT2D eigenvalue weighted by Crippen LogP contribution is -2.55. The van der Waals surface area contributed by atoms with Gasteiger partial charge in [-0.05, 0) is 24.6 Å². The second-order valence-electron chi connectivity index (χ2n) is 5.92. The second-order valence-corrected chi connectivity index (χ2v) is 7.75. The Morgan fingerprint density at radius 1 is 1.36 bits per heavy atom. The highest BCUT2D eigenvalue weighted by Crippen LogP contribution is 2.23. The van der Waals surface area contributed by atoms with Crippen molar-refractivity contribution in [2.45, 2.75) is 24.2 Å². The van der Waals surface area contributed by atoms with Crippen LogP contribution in [0.3, 0.4) is 0 Å². The summed E-state index contributed by atoms with van der Waals surface area (Å²) in [6.45, 7) is 3.81. The zero-order valence-electron chi connectivity index (χ0n) is 13.5. The summed E-state index contributed by atoms with van der Waals surface area (Å²) in [5, 5.41) is 0.823. The minimum atomic E-state index is -1.03. The maximum atomic E-state index is 13.0. The van der Waals surface area contributed by atoms with Gasteiger partial charge in [0.25, 0.3) is 5.91 Å². The Morgan fingerprint density at radius 2 is 2.08 bits per heavy atom. The highest BCUT2D eigenvalue weighted by atomic mass is 35.5. The Hall–Kier alpha value is -1.44. The van der Waals surface area contributed by atoms with Gasteiger partial charge in [0.1, 0.15) is 11.6 Å². The average Bonchev–Trinajstić information content (AvgIpc) is 3.04. The molecule has 0 aliphatic carbocycles. The number of aromatic nitrogens is 2. The number of carbonyl (C=O) groups excluding carboxylic acids is 1. The Morgan fingerprint density at radius 3 is 2.72 bits per heavy atom. The van der Waals surface area contributed by atoms with Crippen LogP contribution >= 0.6 is 34.7 Å². The SMILES string of the molecule is CC1CN(c2nc(Cc3ccc(F)cc3)ns2)CCN1C(=O)C(Cl)Cl. The topological polar surface area (TPSA) is 49.3 Å². The molecule has 0 saturated carbocycles. The number of anilines is 1. The van der Waals surface area contributed by atoms with Crippen LogP contribution in [0.2, 0.25) is 0 Å². The number of carbonyl (C=O) groups is 1. The molecule has 2 aromatic rings. The van der Waals surface area contributed by atoms with Crippen LogP contribution < -0.4 is 4.90 Å². The van der Waals surface area contributed by atoms with Crippen molar-refractivity contribution in [2.24, 2.45) is 0 Å². The van der Waals surface area contributed by atoms with E-state index in [1.54, 1.807) is 17.0 Å². The number of alkyl halides is 2. The zero-order chi connectivity index (χ0) is 18.0. The summed E-state index contributed by atoms with van der Waals surface area (Å²) in [4.78, 5) is 19.3. The maximum Gasteiger partial charge on any atom is 0.256 e. The molecule has 1 saturated heterocycles. The number of piperazine rings is 1. The van der Waals surface area contributed by atoms with E-state index in [1.807, 2.05) is 6.92 Å². The first-order valence-corrected chi connectivity index (χ1v) is 9.49. The highest BCUT2D eigenvalue weighted by molar-refractivity contribution is 7.09. The summed E-state index contributed by atoms with van der Waals surface area (Å²) in [6, 6.07) is 6.32. The number of hydrogen-bond acceptors (Lipinski definition) is 5. The van der Waals surface area contributed by atoms with Crippen molar-refractivity contribution in [3.63, 3.8) is 0 Å². The molecule has 3 rings (SSSR count). The van der Waals surface area contributed by atoms with Crippen LogP contribution in [0, 0.1) is 5.82 Å². The molecule has 1 aliphatic heterocycles. The molecule has 1 fully saturated rings. The molecule has 1 atom stereocenters. The van der Waals surface area contributed by atoms with Gasteiger partial charge in [0.2, 0.25) is 5.13 Å². The first-order valence-electron chi connectivity index (χ1n) is 7.84. The van der Waals surface area contributed by atoms with Gasteiger partial charge in [0, 0.05) is 43.6 Å². The molecule has 1 aromatic heterocycles. The molecule has 1 aliphatic rings. The summed E-state index contributed by atoms with van der Waals surface area (Å²) < 4.78 is 17.4. The van der Waals surface area contributed by atoms with Gasteiger partial charge >= 0.3 is 0 Å². The molecule has 0 N–H and O–H groups in total. The third kappa shape index (κ3) is 4.40. The Labute approximate surface area is 159 Å². The monoisotopic (exact) mass is 402 g/mol. The maximum absolute atomic E-state index is 13.0. The number of rotatable bonds is 4. The van der Waals surface area contributed by atoms with Gasteiger partial charge in [-0.2, -0.15) is 4.37 Å². The van der Waals surface area contributed by atoms with Crippen molar-refractivity contribution in [1.82, 2.24) is 14.3 Å². The van der Waals surface area contributed by atoms with Crippen molar-refractivity contribution in [2.75, 3.05) is 24.5 Å². The Bertz CT molecular complexity index is 740. The molecule has 5 nitrogen and oxygen atoms in total. The Balaban J connectivity index is 1.63. The smallest absolute Gasteiger partial charge is 0.256 e. The molecule has 25 heavy (non-hydrogen) atoms. The second kappa shape index (κ2) is 7.85. The lowest BCUT2D eigenvalue weighted by Gasteiger charge is -2.39. The predicted octanol–water partition coefficient (Wildman–Crippen LogP) is 3.11. The van der Waals surface area contributed by atoms with Crippen molar-refractivity contribution in [3.8, 4) is 0 Å². The normalized spacial score (nSPS) is 18.0. The number of halogens is 3. The minimum absolute atomic E-state index is 0.00861. The highest BCUT2D eigenvalue weighted by Gasteiger charge is 2.31. The fourth-order valence-electron chi connectivity index (χ4n) is 2.81. The van der Waals surface area contributed by atoms with Crippen LogP contribution in [0.15, 0.2) is 24.3 Å². The summed E-state index contributed by atoms with van der Waals surface area (Å²) in [7, 11) is 0. The lowest BCUT2D eigenvalue weighted by atomic mass is 10.1. The number of amides is 1. The zero-order valence-corrected chi connectivity index (χ0v) is 15.9. The van der Waals surface area contributed by atoms with E-state index in [0.717, 1.165) is 10.7 Å². The van der Waals surface area contributed by atoms with Crippen LogP contribution in [0.5, 0.6) is 0 Å². The number of nitrogens with zero attached hydrogens (tertiary/aromatic N) is 4. The van der Waals surface area contributed by atoms with Crippen molar-refractivity contribution < 1.29 is 9.18 Å². The molecule has 0 spiro atoms. The van der Waals surface area contributed by atoms with E-state index in [9.17, 15) is 9.18 Å². The minimum Gasteiger partial charge on any atom is -0.343 e. The average molecular weight is 403 g/mol. The van der Waals surface area contributed by atoms with E-state index in [1.165, 1.54) is 23.7 Å². The van der Waals surface area contributed by atoms with Crippen molar-refractivity contribution in [3.05, 3.63) is 41.5 Å². The van der Waals surface area contributed by atoms with Gasteiger partial charge in [-0.25, -0.2) is 9.37 Å². The van der Waals surface area contributed by atoms with Crippen LogP contribution in [0.1, 0.15) is 18.3 Å². The van der Waals surface area contributed by atoms with Crippen LogP contribution in [0.25, 0.3) is 0 Å². The van der Waals surface area contributed by atoms with Crippen LogP contribution in [-0.2, 0) is 11.2 Å². The fraction of sp³-hybridized carbons (Fsp3) is 0.438. The summed E-state index contributed by atoms with van der Waals surface area (Å²) in [5.74, 6) is 0.192. The first-order chi connectivity index (χ1) is 11.9. The van der Waals surface area contributed by atoms with E-state index in [-0.39, 0.29) is 17.8 Å². The van der Waals surface area contributed by atoms with Gasteiger partial charge in [-0.15, -0.1) is 0 Å². The largest absolute Gasteiger partial charge is 0.343 e. The van der Waals surface area contributed by atoms with E-state index in [0.29, 0.717) is 31.9 Å². The van der Waals surface area contributed by atoms with Gasteiger partial charge in [0.05, 0.1) is 0 Å². The third-order valence-corrected chi connectivity index (χ3v) is 5.29. The summed E-state index contributed by atoms with van der Waals surface area (Å²) in [5.41, 5.74) is 0.963. The number of hydrogen-bond donors (Lipinski definition) is 0. The van der Waals surface area contributed by atoms with E-state index in [2.05, 4.69) is 14.3 Å². The lowest BCUT2D eigenvalue weighted by molar-refractivity contribution is -0.131. The molecule has 9 heteroatoms. The number of benzene rings is 1. The molecule has 1 amide bonds. The molecular weight excluding hydrogens is 386 g/mol. The van der Waals surface area contributed by atoms with Crippen molar-refractivity contribution in [1.29, 1.82) is 0 Å². The van der Waals surface area contributed by atoms with E-state index < -0.39 is 4.84 Å². The molecule has 0 bridgehead atoms. The van der Waals surface area contributed by atoms with Crippen LogP contribution in [-0.4, -0.2) is 50.7 Å². The van der Waals surface area contributed by atoms with E-state index >= 15 is 0 Å². The molecule has 1 unspecified atom stereocenters. The molecular formula is C16H17Cl2FN4OS. The van der Waals surface area contributed by atoms with E-state index in [4.69, 9.17) is 23.2 Å². The summed E-state index contributed by atoms with van der Waals surface area (Å²) in [6.07, 6.45) is 0.560. The first kappa shape index (κ1) is 18.4. The van der Waals surface area contributed by atoms with Gasteiger partial charge in [-0.3, -0.25) is 4.79 Å². The molecule has 2 heterocycles. The van der Waals surface area contributed by atoms with Crippen LogP contribution in [0.4, 0.5) is 9.52 Å². The fourth-order valence-corrected chi connectivity index (χ4v) is 3.78. The molecule has 0 radical (unpaired) electrons. The van der Waals surface area contributed by atoms with Gasteiger partial charge in [0.15, 0.2) is 4.84 Å². The molecule has 134 valence electrons. The quantitative estimate of drug-likeness (QED) is 0.737. The third-order valence-electron chi connectivity index (χ3n) is 4.10. The molecule has 1 aromatic carbocycles. The Kier molecular flexibility index (Phi) is 5.76. The standard InChI is InChI=1S/C16H17Cl2FN4OS/c1-10-9-22(6-7-23(10)15(24)14(17)18)16-20-13(21-25-16)8-11-2-4-12(19)5-3-11/h2-5,10,14H,6-9H2,1H3. The predicted molar refractivity (Wildman–Crippen MR) is 98.0 cm³/mol. The summed E-state index contributed by atoms with van der Waals surface area (Å²) >= 11 is 12.7.